The van der Waals surface area contributed by atoms with E-state index in [9.17, 15) is 61.0 Å². The Morgan fingerprint density at radius 3 is 1.28 bits per heavy atom. The van der Waals surface area contributed by atoms with E-state index in [1.54, 1.807) is 6.08 Å². The van der Waals surface area contributed by atoms with E-state index in [0.29, 0.717) is 12.8 Å². The molecule has 0 saturated carbocycles. The van der Waals surface area contributed by atoms with Crippen LogP contribution in [0.3, 0.4) is 0 Å². The summed E-state index contributed by atoms with van der Waals surface area (Å²) in [5, 5.41) is 120. The third kappa shape index (κ3) is 32.0. The standard InChI is InChI=1S/C68H115NO18/c1-3-5-7-9-11-13-15-16-17-18-19-20-21-22-23-24-25-26-27-28-29-30-31-32-33-34-36-38-40-42-44-46-56(74)69-51(52(73)45-43-41-39-37-35-14-12-10-8-6-4-2)50-82-66-62(80)59(77)64(54(48-71)84-66)87-68-63(81)60(78)65(55(49-72)85-68)86-67-61(79)58(76)57(75)53(47-70)83-67/h5,7-8,10-11,13,16-17,19-20,22-23,35,37,43,45,51-55,57-68,70-73,75-81H,3-4,6,9,12,14-15,18,21,24-34,36,38-42,44,46-50H2,1-2H3,(H,69,74)/b7-5-,10-8+,13-11-,17-16-,20-19-,23-22-,37-35+,45-43+. The lowest BCUT2D eigenvalue weighted by molar-refractivity contribution is -0.379. The molecule has 3 rings (SSSR count). The molecule has 0 radical (unpaired) electrons. The second kappa shape index (κ2) is 49.4. The summed E-state index contributed by atoms with van der Waals surface area (Å²) >= 11 is 0. The Kier molecular flexibility index (Phi) is 44.3. The number of unbranched alkanes of at least 4 members (excludes halogenated alkanes) is 18. The average molecular weight is 1230 g/mol. The van der Waals surface area contributed by atoms with Crippen molar-refractivity contribution in [3.05, 3.63) is 97.2 Å². The first kappa shape index (κ1) is 78.0. The number of allylic oxidation sites excluding steroid dienone is 15. The van der Waals surface area contributed by atoms with Crippen LogP contribution >= 0.6 is 0 Å². The maximum Gasteiger partial charge on any atom is 0.220 e. The number of aliphatic hydroxyl groups is 11. The van der Waals surface area contributed by atoms with E-state index >= 15 is 0 Å². The van der Waals surface area contributed by atoms with Crippen LogP contribution in [0.5, 0.6) is 0 Å². The minimum Gasteiger partial charge on any atom is -0.394 e. The molecule has 0 aromatic rings. The Bertz CT molecular complexity index is 1960. The van der Waals surface area contributed by atoms with Crippen molar-refractivity contribution in [3.63, 3.8) is 0 Å². The van der Waals surface area contributed by atoms with Crippen molar-refractivity contribution in [2.45, 2.75) is 298 Å². The molecule has 0 bridgehead atoms. The van der Waals surface area contributed by atoms with E-state index in [1.165, 1.54) is 70.6 Å². The van der Waals surface area contributed by atoms with Crippen molar-refractivity contribution in [2.24, 2.45) is 0 Å². The molecule has 0 aliphatic carbocycles. The summed E-state index contributed by atoms with van der Waals surface area (Å²) in [6, 6.07) is -1.000. The van der Waals surface area contributed by atoms with Gasteiger partial charge >= 0.3 is 0 Å². The molecule has 87 heavy (non-hydrogen) atoms. The van der Waals surface area contributed by atoms with Crippen molar-refractivity contribution in [1.82, 2.24) is 5.32 Å². The molecular weight excluding hydrogens is 1120 g/mol. The van der Waals surface area contributed by atoms with Gasteiger partial charge in [-0.05, 0) is 83.5 Å². The third-order valence-corrected chi connectivity index (χ3v) is 15.8. The fourth-order valence-electron chi connectivity index (χ4n) is 10.5. The van der Waals surface area contributed by atoms with E-state index in [4.69, 9.17) is 28.4 Å². The lowest BCUT2D eigenvalue weighted by atomic mass is 9.96. The Morgan fingerprint density at radius 2 is 0.805 bits per heavy atom. The number of hydrogen-bond acceptors (Lipinski definition) is 18. The van der Waals surface area contributed by atoms with Crippen LogP contribution in [0.25, 0.3) is 0 Å². The molecule has 3 fully saturated rings. The zero-order valence-electron chi connectivity index (χ0n) is 52.5. The minimum absolute atomic E-state index is 0.226. The van der Waals surface area contributed by atoms with Gasteiger partial charge in [0.05, 0.1) is 38.6 Å². The quantitative estimate of drug-likeness (QED) is 0.0205. The average Bonchev–Trinajstić information content (AvgIpc) is 3.71. The van der Waals surface area contributed by atoms with Gasteiger partial charge in [0, 0.05) is 6.42 Å². The second-order valence-electron chi connectivity index (χ2n) is 23.2. The molecule has 19 nitrogen and oxygen atoms in total. The van der Waals surface area contributed by atoms with Gasteiger partial charge in [-0.15, -0.1) is 0 Å². The van der Waals surface area contributed by atoms with Crippen molar-refractivity contribution in [2.75, 3.05) is 26.4 Å². The Labute approximate surface area is 520 Å². The molecule has 12 N–H and O–H groups in total. The molecule has 3 aliphatic heterocycles. The van der Waals surface area contributed by atoms with Gasteiger partial charge < -0.3 is 89.9 Å². The van der Waals surface area contributed by atoms with Gasteiger partial charge in [-0.1, -0.05) is 201 Å². The number of nitrogens with one attached hydrogen (secondary N) is 1. The maximum absolute atomic E-state index is 13.3. The van der Waals surface area contributed by atoms with Gasteiger partial charge in [-0.3, -0.25) is 4.79 Å². The number of rotatable bonds is 48. The van der Waals surface area contributed by atoms with Gasteiger partial charge in [-0.25, -0.2) is 0 Å². The number of ether oxygens (including phenoxy) is 6. The summed E-state index contributed by atoms with van der Waals surface area (Å²) < 4.78 is 34.2. The monoisotopic (exact) mass is 1230 g/mol. The summed E-state index contributed by atoms with van der Waals surface area (Å²) in [6.45, 7) is 1.48. The fourth-order valence-corrected chi connectivity index (χ4v) is 10.5. The van der Waals surface area contributed by atoms with Gasteiger partial charge in [0.15, 0.2) is 18.9 Å². The SMILES string of the molecule is CC/C=C\C/C=C\C/C=C\C/C=C\C/C=C\CCCCCCCCCCCCCCCCCC(=O)NC(COC1OC(CO)C(OC2OC(CO)C(OC3OC(CO)C(O)C(O)C3O)C(O)C2O)C(O)C1O)C(O)/C=C/CC/C=C/CC/C=C/CCC. The highest BCUT2D eigenvalue weighted by Gasteiger charge is 2.53. The largest absolute Gasteiger partial charge is 0.394 e. The van der Waals surface area contributed by atoms with Crippen molar-refractivity contribution < 1.29 is 89.4 Å². The van der Waals surface area contributed by atoms with Gasteiger partial charge in [0.25, 0.3) is 0 Å². The number of aliphatic hydroxyl groups excluding tert-OH is 11. The summed E-state index contributed by atoms with van der Waals surface area (Å²) in [5.41, 5.74) is 0. The van der Waals surface area contributed by atoms with Crippen LogP contribution in [0, 0.1) is 0 Å². The molecule has 3 heterocycles. The van der Waals surface area contributed by atoms with E-state index < -0.39 is 124 Å². The van der Waals surface area contributed by atoms with Gasteiger partial charge in [-0.2, -0.15) is 0 Å². The summed E-state index contributed by atoms with van der Waals surface area (Å²) in [7, 11) is 0. The van der Waals surface area contributed by atoms with Crippen molar-refractivity contribution in [1.29, 1.82) is 0 Å². The van der Waals surface area contributed by atoms with E-state index in [1.807, 2.05) is 6.08 Å². The van der Waals surface area contributed by atoms with Gasteiger partial charge in [0.2, 0.25) is 5.91 Å². The van der Waals surface area contributed by atoms with Crippen LogP contribution in [-0.2, 0) is 33.2 Å². The zero-order valence-corrected chi connectivity index (χ0v) is 52.5. The lowest BCUT2D eigenvalue weighted by Gasteiger charge is -2.48. The second-order valence-corrected chi connectivity index (χ2v) is 23.2. The first-order valence-corrected chi connectivity index (χ1v) is 33.0. The fraction of sp³-hybridized carbons (Fsp3) is 0.750. The van der Waals surface area contributed by atoms with E-state index in [0.717, 1.165) is 89.9 Å². The molecule has 0 spiro atoms. The molecule has 0 aromatic carbocycles. The summed E-state index contributed by atoms with van der Waals surface area (Å²) in [5.74, 6) is -0.296. The van der Waals surface area contributed by atoms with E-state index in [2.05, 4.69) is 104 Å². The number of hydrogen-bond donors (Lipinski definition) is 12. The lowest BCUT2D eigenvalue weighted by Crippen LogP contribution is -2.66. The van der Waals surface area contributed by atoms with Crippen LogP contribution in [0.4, 0.5) is 0 Å². The Balaban J connectivity index is 1.38. The van der Waals surface area contributed by atoms with Gasteiger partial charge in [0.1, 0.15) is 73.2 Å². The topological polar surface area (TPSA) is 307 Å². The first-order valence-electron chi connectivity index (χ1n) is 33.0. The van der Waals surface area contributed by atoms with Crippen LogP contribution in [0.2, 0.25) is 0 Å². The minimum atomic E-state index is -1.98. The molecule has 0 aromatic heterocycles. The molecule has 19 heteroatoms. The molecule has 3 aliphatic rings. The number of amides is 1. The normalized spacial score (nSPS) is 29.2. The summed E-state index contributed by atoms with van der Waals surface area (Å²) in [4.78, 5) is 13.3. The molecular formula is C68H115NO18. The Hall–Kier alpha value is -3.29. The first-order chi connectivity index (χ1) is 42.3. The predicted octanol–water partition coefficient (Wildman–Crippen LogP) is 7.71. The molecule has 17 unspecified atom stereocenters. The maximum atomic E-state index is 13.3. The number of carbonyl (C=O) groups is 1. The molecule has 3 saturated heterocycles. The highest BCUT2D eigenvalue weighted by atomic mass is 16.8. The smallest absolute Gasteiger partial charge is 0.220 e. The highest BCUT2D eigenvalue weighted by molar-refractivity contribution is 5.76. The Morgan fingerprint density at radius 1 is 0.425 bits per heavy atom. The van der Waals surface area contributed by atoms with Crippen LogP contribution in [0.1, 0.15) is 194 Å². The molecule has 500 valence electrons. The third-order valence-electron chi connectivity index (χ3n) is 15.8. The van der Waals surface area contributed by atoms with Crippen molar-refractivity contribution >= 4 is 5.91 Å². The zero-order chi connectivity index (χ0) is 63.3. The highest BCUT2D eigenvalue weighted by Crippen LogP contribution is 2.33. The van der Waals surface area contributed by atoms with Crippen LogP contribution in [0.15, 0.2) is 97.2 Å². The predicted molar refractivity (Wildman–Crippen MR) is 337 cm³/mol. The van der Waals surface area contributed by atoms with Crippen LogP contribution in [-0.4, -0.2) is 193 Å². The summed E-state index contributed by atoms with van der Waals surface area (Å²) in [6.07, 6.45) is 37.0. The molecule has 1 amide bonds. The van der Waals surface area contributed by atoms with E-state index in [-0.39, 0.29) is 18.9 Å². The molecule has 17 atom stereocenters. The number of carbonyl (C=O) groups excluding carboxylic acids is 1. The van der Waals surface area contributed by atoms with Crippen LogP contribution < -0.4 is 5.32 Å². The van der Waals surface area contributed by atoms with Crippen molar-refractivity contribution in [3.8, 4) is 0 Å².